The van der Waals surface area contributed by atoms with Gasteiger partial charge in [-0.2, -0.15) is 0 Å². The van der Waals surface area contributed by atoms with Crippen LogP contribution in [0.2, 0.25) is 10.0 Å². The molecule has 0 saturated carbocycles. The molecule has 10 heteroatoms. The lowest BCUT2D eigenvalue weighted by Gasteiger charge is -2.46. The van der Waals surface area contributed by atoms with Gasteiger partial charge in [0.05, 0.1) is 10.0 Å². The maximum atomic E-state index is 13.4. The van der Waals surface area contributed by atoms with Crippen molar-refractivity contribution in [3.8, 4) is 0 Å². The third-order valence-electron chi connectivity index (χ3n) is 9.24. The number of nitrogens with zero attached hydrogens (tertiary/aromatic N) is 3. The second-order valence-corrected chi connectivity index (χ2v) is 16.1. The number of benzene rings is 2. The van der Waals surface area contributed by atoms with Crippen LogP contribution in [-0.4, -0.2) is 81.7 Å². The molecule has 4 rings (SSSR count). The normalized spacial score (nSPS) is 19.7. The summed E-state index contributed by atoms with van der Waals surface area (Å²) in [5.41, 5.74) is 1.83. The van der Waals surface area contributed by atoms with E-state index in [4.69, 9.17) is 23.2 Å². The number of hydrogen-bond acceptors (Lipinski definition) is 4. The molecule has 2 aliphatic rings. The van der Waals surface area contributed by atoms with E-state index in [1.54, 1.807) is 18.0 Å². The predicted molar refractivity (Wildman–Crippen MR) is 175 cm³/mol. The van der Waals surface area contributed by atoms with Crippen LogP contribution in [0.15, 0.2) is 42.5 Å². The molecule has 0 bridgehead atoms. The zero-order valence-corrected chi connectivity index (χ0v) is 28.5. The van der Waals surface area contributed by atoms with E-state index in [0.29, 0.717) is 35.3 Å². The summed E-state index contributed by atoms with van der Waals surface area (Å²) in [6.07, 6.45) is 1.20. The van der Waals surface area contributed by atoms with Crippen LogP contribution in [0.25, 0.3) is 0 Å². The van der Waals surface area contributed by atoms with Gasteiger partial charge in [-0.1, -0.05) is 67.4 Å². The first-order valence-electron chi connectivity index (χ1n) is 15.0. The summed E-state index contributed by atoms with van der Waals surface area (Å²) < 4.78 is 13.1. The van der Waals surface area contributed by atoms with Crippen LogP contribution in [0.3, 0.4) is 0 Å². The topological polar surface area (TPSA) is 87.2 Å². The minimum atomic E-state index is -1.02. The summed E-state index contributed by atoms with van der Waals surface area (Å²) in [7, 11) is 1.79. The second-order valence-electron chi connectivity index (χ2n) is 13.5. The van der Waals surface area contributed by atoms with E-state index in [1.807, 2.05) is 58.9 Å². The Bertz CT molecular complexity index is 1330. The first kappa shape index (κ1) is 33.9. The number of carboxylic acid groups (broad SMARTS) is 1. The van der Waals surface area contributed by atoms with Crippen molar-refractivity contribution in [2.75, 3.05) is 39.8 Å². The van der Waals surface area contributed by atoms with Gasteiger partial charge in [-0.3, -0.25) is 4.79 Å². The van der Waals surface area contributed by atoms with Crippen molar-refractivity contribution in [2.24, 2.45) is 5.92 Å². The Labute approximate surface area is 269 Å². The standard InChI is InChI=1S/C33H45Cl2N3O4S/c1-23(2)29(39)36(6)21-32(22-38(30(40)41)31(3,4)5,25-11-12-27(34)28(35)19-25)13-16-37-17-14-33(15-18-37)26-10-8-7-9-24(26)20-43(33)42/h7-12,19,23H,13-18,20-22H2,1-6H3,(H,40,41)/t32?,43-/m0/s1. The van der Waals surface area contributed by atoms with Crippen molar-refractivity contribution < 1.29 is 19.2 Å². The summed E-state index contributed by atoms with van der Waals surface area (Å²) in [6, 6.07) is 13.8. The highest BCUT2D eigenvalue weighted by atomic mass is 35.5. The van der Waals surface area contributed by atoms with Gasteiger partial charge in [0.2, 0.25) is 5.91 Å². The molecule has 1 unspecified atom stereocenters. The van der Waals surface area contributed by atoms with Crippen LogP contribution in [0.4, 0.5) is 4.79 Å². The Morgan fingerprint density at radius 1 is 1.07 bits per heavy atom. The number of amides is 2. The fourth-order valence-corrected chi connectivity index (χ4v) is 8.92. The minimum absolute atomic E-state index is 0.00985. The van der Waals surface area contributed by atoms with E-state index in [2.05, 4.69) is 17.0 Å². The van der Waals surface area contributed by atoms with E-state index in [9.17, 15) is 19.2 Å². The molecule has 2 aromatic carbocycles. The van der Waals surface area contributed by atoms with Crippen molar-refractivity contribution in [1.82, 2.24) is 14.7 Å². The SMILES string of the molecule is CC(C)C(=O)N(C)CC(CCN1CCC2(CC1)c1ccccc1C[S@+]2[O-])(CN(C(=O)O)C(C)(C)C)c1ccc(Cl)c(Cl)c1. The fourth-order valence-electron chi connectivity index (χ4n) is 6.73. The Kier molecular flexibility index (Phi) is 10.4. The van der Waals surface area contributed by atoms with Crippen LogP contribution < -0.4 is 0 Å². The minimum Gasteiger partial charge on any atom is -0.615 e. The summed E-state index contributed by atoms with van der Waals surface area (Å²) in [5, 5.41) is 11.2. The first-order valence-corrected chi connectivity index (χ1v) is 17.1. The van der Waals surface area contributed by atoms with Gasteiger partial charge < -0.3 is 24.4 Å². The summed E-state index contributed by atoms with van der Waals surface area (Å²) in [4.78, 5) is 31.4. The molecule has 1 spiro atoms. The molecule has 236 valence electrons. The molecule has 1 fully saturated rings. The zero-order valence-electron chi connectivity index (χ0n) is 26.2. The molecule has 1 N–H and O–H groups in total. The molecule has 2 heterocycles. The van der Waals surface area contributed by atoms with E-state index in [1.165, 1.54) is 16.0 Å². The number of likely N-dealkylation sites (tertiary alicyclic amines) is 1. The highest BCUT2D eigenvalue weighted by Gasteiger charge is 2.52. The molecule has 2 aliphatic heterocycles. The Morgan fingerprint density at radius 3 is 2.30 bits per heavy atom. The van der Waals surface area contributed by atoms with Gasteiger partial charge >= 0.3 is 6.09 Å². The maximum Gasteiger partial charge on any atom is 0.407 e. The summed E-state index contributed by atoms with van der Waals surface area (Å²) >= 11 is 11.9. The summed E-state index contributed by atoms with van der Waals surface area (Å²) in [6.45, 7) is 12.1. The van der Waals surface area contributed by atoms with E-state index < -0.39 is 28.2 Å². The largest absolute Gasteiger partial charge is 0.615 e. The van der Waals surface area contributed by atoms with Crippen LogP contribution in [-0.2, 0) is 31.9 Å². The van der Waals surface area contributed by atoms with Gasteiger partial charge in [0.15, 0.2) is 4.75 Å². The molecule has 1 saturated heterocycles. The van der Waals surface area contributed by atoms with Crippen LogP contribution in [0.1, 0.15) is 70.6 Å². The number of piperidine rings is 1. The van der Waals surface area contributed by atoms with Crippen molar-refractivity contribution >= 4 is 46.4 Å². The highest BCUT2D eigenvalue weighted by molar-refractivity contribution is 7.92. The average Bonchev–Trinajstić information content (AvgIpc) is 3.21. The lowest BCUT2D eigenvalue weighted by atomic mass is 9.75. The fraction of sp³-hybridized carbons (Fsp3) is 0.576. The van der Waals surface area contributed by atoms with E-state index in [0.717, 1.165) is 31.5 Å². The molecule has 0 aliphatic carbocycles. The Hall–Kier alpha value is -1.97. The van der Waals surface area contributed by atoms with Gasteiger partial charge in [-0.05, 0) is 62.6 Å². The quantitative estimate of drug-likeness (QED) is 0.303. The molecule has 0 aromatic heterocycles. The molecule has 2 aromatic rings. The Balaban J connectivity index is 1.67. The van der Waals surface area contributed by atoms with E-state index in [-0.39, 0.29) is 23.1 Å². The van der Waals surface area contributed by atoms with Crippen molar-refractivity contribution in [1.29, 1.82) is 0 Å². The zero-order chi connectivity index (χ0) is 31.7. The lowest BCUT2D eigenvalue weighted by Crippen LogP contribution is -2.56. The van der Waals surface area contributed by atoms with Gasteiger partial charge in [-0.15, -0.1) is 0 Å². The van der Waals surface area contributed by atoms with Crippen molar-refractivity contribution in [2.45, 2.75) is 75.3 Å². The van der Waals surface area contributed by atoms with Crippen molar-refractivity contribution in [3.05, 3.63) is 69.2 Å². The molecule has 2 atom stereocenters. The highest BCUT2D eigenvalue weighted by Crippen LogP contribution is 2.49. The number of likely N-dealkylation sites (N-methyl/N-ethyl adjacent to an activating group) is 1. The van der Waals surface area contributed by atoms with Gasteiger partial charge in [0.1, 0.15) is 5.75 Å². The number of hydrogen-bond donors (Lipinski definition) is 1. The van der Waals surface area contributed by atoms with E-state index >= 15 is 0 Å². The van der Waals surface area contributed by atoms with Crippen LogP contribution in [0.5, 0.6) is 0 Å². The first-order chi connectivity index (χ1) is 20.1. The molecular weight excluding hydrogens is 605 g/mol. The van der Waals surface area contributed by atoms with Gasteiger partial charge in [0.25, 0.3) is 0 Å². The number of halogens is 2. The molecular formula is C33H45Cl2N3O4S. The lowest BCUT2D eigenvalue weighted by molar-refractivity contribution is -0.134. The number of carbonyl (C=O) groups excluding carboxylic acids is 1. The Morgan fingerprint density at radius 2 is 1.72 bits per heavy atom. The van der Waals surface area contributed by atoms with Crippen LogP contribution >= 0.6 is 23.2 Å². The summed E-state index contributed by atoms with van der Waals surface area (Å²) in [5.74, 6) is 0.400. The van der Waals surface area contributed by atoms with Gasteiger partial charge in [-0.25, -0.2) is 4.79 Å². The molecule has 7 nitrogen and oxygen atoms in total. The monoisotopic (exact) mass is 649 g/mol. The third-order valence-corrected chi connectivity index (χ3v) is 12.1. The third kappa shape index (κ3) is 7.14. The molecule has 43 heavy (non-hydrogen) atoms. The second kappa shape index (κ2) is 13.2. The smallest absolute Gasteiger partial charge is 0.407 e. The maximum absolute atomic E-state index is 13.4. The van der Waals surface area contributed by atoms with Crippen LogP contribution in [0, 0.1) is 5.92 Å². The number of rotatable bonds is 9. The van der Waals surface area contributed by atoms with Gasteiger partial charge in [0, 0.05) is 74.1 Å². The molecule has 0 radical (unpaired) electrons. The average molecular weight is 651 g/mol. The molecule has 2 amide bonds. The number of fused-ring (bicyclic) bond motifs is 2. The predicted octanol–water partition coefficient (Wildman–Crippen LogP) is 6.77. The number of carbonyl (C=O) groups is 2. The van der Waals surface area contributed by atoms with Crippen molar-refractivity contribution in [3.63, 3.8) is 0 Å².